The Morgan fingerprint density at radius 2 is 2.35 bits per heavy atom. The van der Waals surface area contributed by atoms with Crippen molar-refractivity contribution in [2.45, 2.75) is 31.5 Å². The summed E-state index contributed by atoms with van der Waals surface area (Å²) in [4.78, 5) is 15.1. The van der Waals surface area contributed by atoms with Gasteiger partial charge in [-0.05, 0) is 15.9 Å². The van der Waals surface area contributed by atoms with Crippen molar-refractivity contribution in [1.29, 1.82) is 0 Å². The van der Waals surface area contributed by atoms with Crippen LogP contribution in [0.1, 0.15) is 12.6 Å². The third-order valence-electron chi connectivity index (χ3n) is 2.77. The predicted molar refractivity (Wildman–Crippen MR) is 64.4 cm³/mol. The van der Waals surface area contributed by atoms with Crippen LogP contribution < -0.4 is 10.4 Å². The molecule has 0 spiro atoms. The Balaban J connectivity index is 2.26. The third kappa shape index (κ3) is 3.14. The number of aliphatic hydroxyl groups is 2. The van der Waals surface area contributed by atoms with Crippen molar-refractivity contribution in [2.75, 3.05) is 6.61 Å². The smallest absolute Gasteiger partial charge is 0.388 e. The van der Waals surface area contributed by atoms with Crippen molar-refractivity contribution in [3.05, 3.63) is 21.2 Å². The molecule has 2 N–H and O–H groups in total. The van der Waals surface area contributed by atoms with Gasteiger partial charge in [-0.1, -0.05) is 0 Å². The maximum atomic E-state index is 12.1. The summed E-state index contributed by atoms with van der Waals surface area (Å²) >= 11 is 2.96. The minimum atomic E-state index is -3.10. The minimum Gasteiger partial charge on any atom is -0.415 e. The van der Waals surface area contributed by atoms with E-state index in [1.165, 1.54) is 6.20 Å². The monoisotopic (exact) mass is 356 g/mol. The number of hydrogen-bond donors (Lipinski definition) is 2. The SMILES string of the molecule is O=c1nc(OC(F)F)c(Br)cn1[C@H]1C[C@H](O)[C@@H](CO)O1. The highest BCUT2D eigenvalue weighted by atomic mass is 79.9. The van der Waals surface area contributed by atoms with Crippen LogP contribution >= 0.6 is 15.9 Å². The van der Waals surface area contributed by atoms with E-state index in [4.69, 9.17) is 9.84 Å². The number of nitrogens with zero attached hydrogens (tertiary/aromatic N) is 2. The zero-order valence-electron chi connectivity index (χ0n) is 9.95. The standard InChI is InChI=1S/C10H11BrF2N2O5/c11-4-2-15(7-1-5(17)6(3-16)19-7)10(18)14-8(4)20-9(12)13/h2,5-7,9,16-17H,1,3H2/t5-,6+,7+/m0/s1. The van der Waals surface area contributed by atoms with Crippen LogP contribution in [-0.2, 0) is 4.74 Å². The molecule has 1 aliphatic rings. The first-order valence-corrected chi connectivity index (χ1v) is 6.39. The van der Waals surface area contributed by atoms with Gasteiger partial charge in [0, 0.05) is 12.6 Å². The normalized spacial score (nSPS) is 26.2. The third-order valence-corrected chi connectivity index (χ3v) is 3.31. The Labute approximate surface area is 119 Å². The van der Waals surface area contributed by atoms with Crippen molar-refractivity contribution < 1.29 is 28.5 Å². The number of aliphatic hydroxyl groups excluding tert-OH is 2. The van der Waals surface area contributed by atoms with Crippen molar-refractivity contribution in [3.8, 4) is 5.88 Å². The summed E-state index contributed by atoms with van der Waals surface area (Å²) in [6.07, 6.45) is -1.30. The molecule has 1 fully saturated rings. The van der Waals surface area contributed by atoms with E-state index in [1.54, 1.807) is 0 Å². The average Bonchev–Trinajstić information content (AvgIpc) is 2.74. The summed E-state index contributed by atoms with van der Waals surface area (Å²) in [5.41, 5.74) is -0.861. The molecule has 2 rings (SSSR count). The largest absolute Gasteiger partial charge is 0.415 e. The molecule has 0 amide bonds. The zero-order valence-corrected chi connectivity index (χ0v) is 11.5. The number of aromatic nitrogens is 2. The van der Waals surface area contributed by atoms with Crippen molar-refractivity contribution in [2.24, 2.45) is 0 Å². The Kier molecular flexibility index (Phi) is 4.68. The lowest BCUT2D eigenvalue weighted by molar-refractivity contribution is -0.0557. The highest BCUT2D eigenvalue weighted by Gasteiger charge is 2.35. The van der Waals surface area contributed by atoms with E-state index in [9.17, 15) is 18.7 Å². The minimum absolute atomic E-state index is 0.0444. The van der Waals surface area contributed by atoms with Crippen LogP contribution in [0, 0.1) is 0 Å². The molecular weight excluding hydrogens is 346 g/mol. The fourth-order valence-corrected chi connectivity index (χ4v) is 2.26. The van der Waals surface area contributed by atoms with Crippen LogP contribution in [0.5, 0.6) is 5.88 Å². The molecule has 112 valence electrons. The van der Waals surface area contributed by atoms with Crippen LogP contribution in [0.15, 0.2) is 15.5 Å². The molecule has 20 heavy (non-hydrogen) atoms. The molecule has 1 aromatic heterocycles. The van der Waals surface area contributed by atoms with Gasteiger partial charge in [-0.3, -0.25) is 4.57 Å². The molecule has 3 atom stereocenters. The summed E-state index contributed by atoms with van der Waals surface area (Å²) in [5, 5.41) is 18.6. The van der Waals surface area contributed by atoms with Gasteiger partial charge in [-0.25, -0.2) is 4.79 Å². The van der Waals surface area contributed by atoms with Crippen LogP contribution in [-0.4, -0.2) is 45.2 Å². The molecule has 0 radical (unpaired) electrons. The molecule has 7 nitrogen and oxygen atoms in total. The van der Waals surface area contributed by atoms with Gasteiger partial charge in [0.05, 0.1) is 17.2 Å². The second kappa shape index (κ2) is 6.12. The summed E-state index contributed by atoms with van der Waals surface area (Å²) in [6.45, 7) is -3.49. The molecule has 0 unspecified atom stereocenters. The molecule has 0 bridgehead atoms. The molecular formula is C10H11BrF2N2O5. The fourth-order valence-electron chi connectivity index (χ4n) is 1.85. The van der Waals surface area contributed by atoms with Gasteiger partial charge in [0.2, 0.25) is 5.88 Å². The number of alkyl halides is 2. The molecule has 10 heteroatoms. The van der Waals surface area contributed by atoms with E-state index in [2.05, 4.69) is 25.7 Å². The summed E-state index contributed by atoms with van der Waals surface area (Å²) in [6, 6.07) is 0. The zero-order chi connectivity index (χ0) is 14.9. The maximum Gasteiger partial charge on any atom is 0.388 e. The average molecular weight is 357 g/mol. The van der Waals surface area contributed by atoms with Crippen LogP contribution in [0.2, 0.25) is 0 Å². The van der Waals surface area contributed by atoms with E-state index in [0.717, 1.165) is 4.57 Å². The van der Waals surface area contributed by atoms with Gasteiger partial charge in [0.1, 0.15) is 12.3 Å². The Morgan fingerprint density at radius 1 is 1.65 bits per heavy atom. The van der Waals surface area contributed by atoms with E-state index >= 15 is 0 Å². The lowest BCUT2D eigenvalue weighted by Crippen LogP contribution is -2.28. The molecule has 0 saturated carbocycles. The molecule has 0 aliphatic carbocycles. The second-order valence-electron chi connectivity index (χ2n) is 4.08. The molecule has 1 aliphatic heterocycles. The number of ether oxygens (including phenoxy) is 2. The lowest BCUT2D eigenvalue weighted by atomic mass is 10.2. The van der Waals surface area contributed by atoms with Crippen LogP contribution in [0.25, 0.3) is 0 Å². The Bertz CT molecular complexity index is 541. The first kappa shape index (κ1) is 15.3. The summed E-state index contributed by atoms with van der Waals surface area (Å²) in [5.74, 6) is -0.529. The topological polar surface area (TPSA) is 93.8 Å². The number of rotatable bonds is 4. The van der Waals surface area contributed by atoms with Gasteiger partial charge >= 0.3 is 12.3 Å². The summed E-state index contributed by atoms with van der Waals surface area (Å²) in [7, 11) is 0. The first-order chi connectivity index (χ1) is 9.42. The van der Waals surface area contributed by atoms with E-state index in [-0.39, 0.29) is 10.9 Å². The quantitative estimate of drug-likeness (QED) is 0.803. The summed E-state index contributed by atoms with van der Waals surface area (Å²) < 4.78 is 34.6. The molecule has 1 saturated heterocycles. The van der Waals surface area contributed by atoms with Crippen molar-refractivity contribution in [3.63, 3.8) is 0 Å². The fraction of sp³-hybridized carbons (Fsp3) is 0.600. The number of halogens is 3. The number of hydrogen-bond acceptors (Lipinski definition) is 6. The highest BCUT2D eigenvalue weighted by Crippen LogP contribution is 2.29. The molecule has 1 aromatic rings. The van der Waals surface area contributed by atoms with Gasteiger partial charge in [-0.15, -0.1) is 0 Å². The molecule has 0 aromatic carbocycles. The second-order valence-corrected chi connectivity index (χ2v) is 4.93. The van der Waals surface area contributed by atoms with E-state index in [0.29, 0.717) is 0 Å². The van der Waals surface area contributed by atoms with Gasteiger partial charge in [0.15, 0.2) is 0 Å². The predicted octanol–water partition coefficient (Wildman–Crippen LogP) is 0.248. The van der Waals surface area contributed by atoms with Gasteiger partial charge < -0.3 is 19.7 Å². The van der Waals surface area contributed by atoms with Crippen LogP contribution in [0.4, 0.5) is 8.78 Å². The van der Waals surface area contributed by atoms with Gasteiger partial charge in [-0.2, -0.15) is 13.8 Å². The van der Waals surface area contributed by atoms with E-state index in [1.807, 2.05) is 0 Å². The van der Waals surface area contributed by atoms with Crippen LogP contribution in [0.3, 0.4) is 0 Å². The Morgan fingerprint density at radius 3 is 2.90 bits per heavy atom. The highest BCUT2D eigenvalue weighted by molar-refractivity contribution is 9.10. The Hall–Kier alpha value is -1.10. The van der Waals surface area contributed by atoms with Gasteiger partial charge in [0.25, 0.3) is 0 Å². The van der Waals surface area contributed by atoms with Crippen molar-refractivity contribution in [1.82, 2.24) is 9.55 Å². The van der Waals surface area contributed by atoms with E-state index < -0.39 is 43.2 Å². The lowest BCUT2D eigenvalue weighted by Gasteiger charge is -2.15. The van der Waals surface area contributed by atoms with Crippen molar-refractivity contribution >= 4 is 15.9 Å². The maximum absolute atomic E-state index is 12.1. The molecule has 2 heterocycles. The first-order valence-electron chi connectivity index (χ1n) is 5.60.